The molecule has 1 unspecified atom stereocenters. The maximum absolute atomic E-state index is 13.3. The van der Waals surface area contributed by atoms with E-state index in [1.807, 2.05) is 6.07 Å². The second-order valence-corrected chi connectivity index (χ2v) is 7.47. The second kappa shape index (κ2) is 5.92. The first-order chi connectivity index (χ1) is 8.85. The molecule has 0 aliphatic heterocycles. The summed E-state index contributed by atoms with van der Waals surface area (Å²) in [6, 6.07) is 4.85. The van der Waals surface area contributed by atoms with Gasteiger partial charge in [0.25, 0.3) is 0 Å². The number of aliphatic hydroxyl groups is 1. The van der Waals surface area contributed by atoms with Gasteiger partial charge >= 0.3 is 0 Å². The summed E-state index contributed by atoms with van der Waals surface area (Å²) in [4.78, 5) is 0. The van der Waals surface area contributed by atoms with E-state index in [0.717, 1.165) is 22.9 Å². The third kappa shape index (κ3) is 4.28. The van der Waals surface area contributed by atoms with Gasteiger partial charge in [0.2, 0.25) is 0 Å². The Balaban J connectivity index is 1.96. The first-order valence-corrected chi connectivity index (χ1v) is 7.78. The van der Waals surface area contributed by atoms with Gasteiger partial charge < -0.3 is 5.11 Å². The van der Waals surface area contributed by atoms with Crippen LogP contribution in [0, 0.1) is 17.2 Å². The van der Waals surface area contributed by atoms with Crippen LogP contribution in [0.4, 0.5) is 4.39 Å². The SMILES string of the molecule is CC1(C)CCC(C(O)Cc2cc(F)cc(Br)c2)CC1. The number of halogens is 2. The Morgan fingerprint density at radius 3 is 2.53 bits per heavy atom. The van der Waals surface area contributed by atoms with Gasteiger partial charge in [-0.25, -0.2) is 4.39 Å². The molecule has 0 amide bonds. The predicted molar refractivity (Wildman–Crippen MR) is 79.5 cm³/mol. The molecule has 0 radical (unpaired) electrons. The second-order valence-electron chi connectivity index (χ2n) is 6.55. The molecule has 2 rings (SSSR count). The summed E-state index contributed by atoms with van der Waals surface area (Å²) in [5.74, 6) is 0.108. The average molecular weight is 329 g/mol. The van der Waals surface area contributed by atoms with E-state index in [4.69, 9.17) is 0 Å². The number of benzene rings is 1. The summed E-state index contributed by atoms with van der Waals surface area (Å²) in [6.07, 6.45) is 4.67. The van der Waals surface area contributed by atoms with Gasteiger partial charge in [-0.3, -0.25) is 0 Å². The maximum Gasteiger partial charge on any atom is 0.124 e. The van der Waals surface area contributed by atoms with Gasteiger partial charge in [0.1, 0.15) is 5.82 Å². The fourth-order valence-corrected chi connectivity index (χ4v) is 3.46. The predicted octanol–water partition coefficient (Wildman–Crippen LogP) is 4.71. The van der Waals surface area contributed by atoms with E-state index in [2.05, 4.69) is 29.8 Å². The molecule has 106 valence electrons. The number of hydrogen-bond donors (Lipinski definition) is 1. The lowest BCUT2D eigenvalue weighted by Gasteiger charge is -2.36. The topological polar surface area (TPSA) is 20.2 Å². The Bertz CT molecular complexity index is 414. The molecule has 0 heterocycles. The largest absolute Gasteiger partial charge is 0.392 e. The van der Waals surface area contributed by atoms with Crippen molar-refractivity contribution in [3.05, 3.63) is 34.1 Å². The van der Waals surface area contributed by atoms with Crippen molar-refractivity contribution in [2.45, 2.75) is 52.1 Å². The maximum atomic E-state index is 13.3. The van der Waals surface area contributed by atoms with Gasteiger partial charge in [-0.1, -0.05) is 29.8 Å². The van der Waals surface area contributed by atoms with Gasteiger partial charge in [0, 0.05) is 4.47 Å². The van der Waals surface area contributed by atoms with Crippen LogP contribution in [-0.4, -0.2) is 11.2 Å². The van der Waals surface area contributed by atoms with Crippen molar-refractivity contribution >= 4 is 15.9 Å². The Morgan fingerprint density at radius 1 is 1.32 bits per heavy atom. The number of aliphatic hydroxyl groups excluding tert-OH is 1. The molecule has 1 fully saturated rings. The van der Waals surface area contributed by atoms with Crippen LogP contribution < -0.4 is 0 Å². The zero-order valence-corrected chi connectivity index (χ0v) is 13.2. The number of hydrogen-bond acceptors (Lipinski definition) is 1. The molecule has 1 N–H and O–H groups in total. The summed E-state index contributed by atoms with van der Waals surface area (Å²) in [5, 5.41) is 10.3. The summed E-state index contributed by atoms with van der Waals surface area (Å²) in [7, 11) is 0. The minimum Gasteiger partial charge on any atom is -0.392 e. The van der Waals surface area contributed by atoms with Crippen molar-refractivity contribution in [2.24, 2.45) is 11.3 Å². The first kappa shape index (κ1) is 15.0. The van der Waals surface area contributed by atoms with E-state index in [0.29, 0.717) is 17.8 Å². The van der Waals surface area contributed by atoms with Crippen LogP contribution >= 0.6 is 15.9 Å². The normalized spacial score (nSPS) is 21.3. The molecule has 0 saturated heterocycles. The molecule has 1 aliphatic rings. The van der Waals surface area contributed by atoms with Gasteiger partial charge in [-0.2, -0.15) is 0 Å². The molecule has 0 aromatic heterocycles. The highest BCUT2D eigenvalue weighted by molar-refractivity contribution is 9.10. The fourth-order valence-electron chi connectivity index (χ4n) is 2.94. The van der Waals surface area contributed by atoms with E-state index in [1.165, 1.54) is 25.0 Å². The summed E-state index contributed by atoms with van der Waals surface area (Å²) < 4.78 is 14.0. The minimum absolute atomic E-state index is 0.249. The van der Waals surface area contributed by atoms with Gasteiger partial charge in [0.15, 0.2) is 0 Å². The standard InChI is InChI=1S/C16H22BrFO/c1-16(2)5-3-12(4-6-16)15(19)9-11-7-13(17)10-14(18)8-11/h7-8,10,12,15,19H,3-6,9H2,1-2H3. The van der Waals surface area contributed by atoms with Crippen LogP contribution in [0.2, 0.25) is 0 Å². The van der Waals surface area contributed by atoms with Crippen molar-refractivity contribution in [1.29, 1.82) is 0 Å². The van der Waals surface area contributed by atoms with Crippen LogP contribution in [0.3, 0.4) is 0 Å². The highest BCUT2D eigenvalue weighted by Crippen LogP contribution is 2.39. The van der Waals surface area contributed by atoms with E-state index in [1.54, 1.807) is 0 Å². The van der Waals surface area contributed by atoms with Crippen LogP contribution in [0.5, 0.6) is 0 Å². The Labute approximate surface area is 123 Å². The lowest BCUT2D eigenvalue weighted by Crippen LogP contribution is -2.30. The fraction of sp³-hybridized carbons (Fsp3) is 0.625. The Morgan fingerprint density at radius 2 is 1.95 bits per heavy atom. The highest BCUT2D eigenvalue weighted by atomic mass is 79.9. The molecule has 3 heteroatoms. The lowest BCUT2D eigenvalue weighted by atomic mass is 9.71. The molecule has 0 spiro atoms. The van der Waals surface area contributed by atoms with Crippen molar-refractivity contribution in [1.82, 2.24) is 0 Å². The quantitative estimate of drug-likeness (QED) is 0.852. The molecule has 0 bridgehead atoms. The lowest BCUT2D eigenvalue weighted by molar-refractivity contribution is 0.0576. The molecule has 1 saturated carbocycles. The molecule has 1 aromatic rings. The zero-order chi connectivity index (χ0) is 14.0. The summed E-state index contributed by atoms with van der Waals surface area (Å²) in [5.41, 5.74) is 1.28. The monoisotopic (exact) mass is 328 g/mol. The van der Waals surface area contributed by atoms with Crippen molar-refractivity contribution in [2.75, 3.05) is 0 Å². The van der Waals surface area contributed by atoms with E-state index in [9.17, 15) is 9.50 Å². The van der Waals surface area contributed by atoms with Crippen molar-refractivity contribution in [3.8, 4) is 0 Å². The first-order valence-electron chi connectivity index (χ1n) is 6.99. The van der Waals surface area contributed by atoms with Crippen LogP contribution in [-0.2, 0) is 6.42 Å². The molecule has 1 aliphatic carbocycles. The van der Waals surface area contributed by atoms with Gasteiger partial charge in [0.05, 0.1) is 6.10 Å². The van der Waals surface area contributed by atoms with Crippen molar-refractivity contribution < 1.29 is 9.50 Å². The molecule has 1 nitrogen and oxygen atoms in total. The van der Waals surface area contributed by atoms with Crippen LogP contribution in [0.1, 0.15) is 45.1 Å². The average Bonchev–Trinajstić information content (AvgIpc) is 2.26. The molecule has 19 heavy (non-hydrogen) atoms. The molecular formula is C16H22BrFO. The molecule has 1 aromatic carbocycles. The van der Waals surface area contributed by atoms with E-state index >= 15 is 0 Å². The van der Waals surface area contributed by atoms with Crippen LogP contribution in [0.15, 0.2) is 22.7 Å². The highest BCUT2D eigenvalue weighted by Gasteiger charge is 2.30. The Kier molecular flexibility index (Phi) is 4.67. The summed E-state index contributed by atoms with van der Waals surface area (Å²) >= 11 is 3.29. The smallest absolute Gasteiger partial charge is 0.124 e. The molecule has 1 atom stereocenters. The third-order valence-electron chi connectivity index (χ3n) is 4.30. The summed E-state index contributed by atoms with van der Waals surface area (Å²) in [6.45, 7) is 4.58. The van der Waals surface area contributed by atoms with Gasteiger partial charge in [-0.05, 0) is 67.2 Å². The Hall–Kier alpha value is -0.410. The van der Waals surface area contributed by atoms with Crippen molar-refractivity contribution in [3.63, 3.8) is 0 Å². The van der Waals surface area contributed by atoms with E-state index < -0.39 is 0 Å². The van der Waals surface area contributed by atoms with Crippen LogP contribution in [0.25, 0.3) is 0 Å². The number of rotatable bonds is 3. The zero-order valence-electron chi connectivity index (χ0n) is 11.6. The van der Waals surface area contributed by atoms with Gasteiger partial charge in [-0.15, -0.1) is 0 Å². The third-order valence-corrected chi connectivity index (χ3v) is 4.75. The van der Waals surface area contributed by atoms with E-state index in [-0.39, 0.29) is 11.9 Å². The minimum atomic E-state index is -0.357. The molecular weight excluding hydrogens is 307 g/mol.